The van der Waals surface area contributed by atoms with Gasteiger partial charge in [-0.25, -0.2) is 0 Å². The number of nitrogens with zero attached hydrogens (tertiary/aromatic N) is 6. The fourth-order valence-corrected chi connectivity index (χ4v) is 3.82. The van der Waals surface area contributed by atoms with Gasteiger partial charge in [0.2, 0.25) is 14.2 Å². The molecule has 0 unspecified atom stereocenters. The van der Waals surface area contributed by atoms with E-state index in [0.717, 1.165) is 23.1 Å². The van der Waals surface area contributed by atoms with Crippen LogP contribution in [0.3, 0.4) is 0 Å². The van der Waals surface area contributed by atoms with Gasteiger partial charge < -0.3 is 9.84 Å². The van der Waals surface area contributed by atoms with Crippen molar-refractivity contribution in [1.82, 2.24) is 29.5 Å². The van der Waals surface area contributed by atoms with E-state index in [9.17, 15) is 0 Å². The van der Waals surface area contributed by atoms with E-state index in [4.69, 9.17) is 9.84 Å². The molecule has 0 bridgehead atoms. The third-order valence-electron chi connectivity index (χ3n) is 3.88. The van der Waals surface area contributed by atoms with E-state index >= 15 is 0 Å². The quantitative estimate of drug-likeness (QED) is 0.304. The van der Waals surface area contributed by atoms with Gasteiger partial charge >= 0.3 is 35.6 Å². The largest absolute Gasteiger partial charge is 1.00 e. The van der Waals surface area contributed by atoms with Gasteiger partial charge in [-0.1, -0.05) is 73.2 Å². The van der Waals surface area contributed by atoms with Crippen molar-refractivity contribution in [2.75, 3.05) is 14.2 Å². The first-order chi connectivity index (χ1) is 15.1. The first-order valence-corrected chi connectivity index (χ1v) is 11.3. The van der Waals surface area contributed by atoms with Crippen LogP contribution in [0.2, 0.25) is 0 Å². The van der Waals surface area contributed by atoms with Crippen LogP contribution in [0, 0.1) is 0 Å². The van der Waals surface area contributed by atoms with Crippen molar-refractivity contribution in [2.24, 2.45) is 0 Å². The van der Waals surface area contributed by atoms with Crippen molar-refractivity contribution in [3.8, 4) is 6.01 Å². The van der Waals surface area contributed by atoms with Gasteiger partial charge in [-0.05, 0) is 58.9 Å². The van der Waals surface area contributed by atoms with Crippen molar-refractivity contribution in [3.05, 3.63) is 86.0 Å². The molecule has 2 aromatic carbocycles. The number of ether oxygens (including phenoxy) is 1. The number of methoxy groups -OCH3 is 1. The Kier molecular flexibility index (Phi) is 16.8. The molecule has 0 saturated heterocycles. The monoisotopic (exact) mass is 652 g/mol. The maximum atomic E-state index is 8.25. The van der Waals surface area contributed by atoms with Gasteiger partial charge in [-0.15, -0.1) is 15.3 Å². The normalized spacial score (nSPS) is 9.27. The fourth-order valence-electron chi connectivity index (χ4n) is 2.48. The van der Waals surface area contributed by atoms with E-state index in [-0.39, 0.29) is 37.0 Å². The topological polar surface area (TPSA) is 93.7 Å². The number of rotatable bonds is 5. The smallest absolute Gasteiger partial charge is 0.857 e. The molecule has 0 radical (unpaired) electrons. The Bertz CT molecular complexity index is 1030. The molecule has 12 heteroatoms. The van der Waals surface area contributed by atoms with Crippen molar-refractivity contribution in [3.63, 3.8) is 0 Å². The molecule has 0 fully saturated rings. The van der Waals surface area contributed by atoms with Crippen LogP contribution < -0.4 is 39.4 Å². The standard InChI is InChI=1S/C10H10BrN3O.C9H7Br2N3.CH3O.CH4.Na/c1-15-10-13-12-9(11)14(10)7-8-5-3-2-4-6-8;10-8-12-13-9(11)14(8)6-7-4-2-1-3-5-7;1-2;;/h2-6H,7H2,1H3;1-5H,6H2;1H3;1H4;/q;;-1;;+1. The molecule has 172 valence electrons. The zero-order valence-electron chi connectivity index (χ0n) is 17.8. The number of aromatic nitrogens is 6. The van der Waals surface area contributed by atoms with Crippen LogP contribution in [0.5, 0.6) is 6.01 Å². The van der Waals surface area contributed by atoms with E-state index in [1.807, 2.05) is 57.7 Å². The predicted molar refractivity (Wildman–Crippen MR) is 133 cm³/mol. The average Bonchev–Trinajstić information content (AvgIpc) is 3.33. The summed E-state index contributed by atoms with van der Waals surface area (Å²) in [4.78, 5) is 0. The number of hydrogen-bond acceptors (Lipinski definition) is 6. The third-order valence-corrected chi connectivity index (χ3v) is 5.64. The summed E-state index contributed by atoms with van der Waals surface area (Å²) in [6, 6.07) is 20.8. The Hall–Kier alpha value is -1.08. The molecule has 4 rings (SSSR count). The van der Waals surface area contributed by atoms with Crippen molar-refractivity contribution in [2.45, 2.75) is 20.5 Å². The molecular weight excluding hydrogens is 631 g/mol. The molecule has 0 aliphatic carbocycles. The maximum absolute atomic E-state index is 8.25. The summed E-state index contributed by atoms with van der Waals surface area (Å²) in [5.74, 6) is 0. The fraction of sp³-hybridized carbons (Fsp3) is 0.238. The summed E-state index contributed by atoms with van der Waals surface area (Å²) in [5, 5.41) is 23.8. The Morgan fingerprint density at radius 3 is 1.48 bits per heavy atom. The maximum Gasteiger partial charge on any atom is 1.00 e. The molecule has 0 N–H and O–H groups in total. The Balaban J connectivity index is 0.000000547. The molecule has 8 nitrogen and oxygen atoms in total. The summed E-state index contributed by atoms with van der Waals surface area (Å²) in [5.41, 5.74) is 2.39. The second kappa shape index (κ2) is 17.4. The van der Waals surface area contributed by atoms with Gasteiger partial charge in [0.15, 0.2) is 0 Å². The number of benzene rings is 2. The minimum Gasteiger partial charge on any atom is -0.857 e. The third kappa shape index (κ3) is 9.97. The average molecular weight is 655 g/mol. The van der Waals surface area contributed by atoms with Gasteiger partial charge in [-0.3, -0.25) is 9.13 Å². The molecule has 33 heavy (non-hydrogen) atoms. The zero-order valence-corrected chi connectivity index (χ0v) is 24.6. The van der Waals surface area contributed by atoms with Gasteiger partial charge in [0.25, 0.3) is 0 Å². The molecule has 0 amide bonds. The molecule has 0 aliphatic rings. The molecule has 4 aromatic rings. The molecule has 0 aliphatic heterocycles. The van der Waals surface area contributed by atoms with Crippen LogP contribution in [0.4, 0.5) is 0 Å². The Labute approximate surface area is 241 Å². The predicted octanol–water partition coefficient (Wildman–Crippen LogP) is 1.57. The van der Waals surface area contributed by atoms with Crippen LogP contribution in [0.25, 0.3) is 0 Å². The second-order valence-electron chi connectivity index (χ2n) is 5.84. The second-order valence-corrected chi connectivity index (χ2v) is 7.97. The molecule has 0 saturated carbocycles. The van der Waals surface area contributed by atoms with E-state index in [1.54, 1.807) is 7.11 Å². The molecule has 0 spiro atoms. The Morgan fingerprint density at radius 2 is 1.06 bits per heavy atom. The molecule has 0 atom stereocenters. The summed E-state index contributed by atoms with van der Waals surface area (Å²) < 4.78 is 11.0. The first-order valence-electron chi connectivity index (χ1n) is 8.94. The van der Waals surface area contributed by atoms with Crippen LogP contribution in [0.1, 0.15) is 18.6 Å². The van der Waals surface area contributed by atoms with Crippen molar-refractivity contribution >= 4 is 47.8 Å². The van der Waals surface area contributed by atoms with E-state index < -0.39 is 0 Å². The molecular formula is C21H24Br3N6NaO2. The molecule has 2 aromatic heterocycles. The van der Waals surface area contributed by atoms with E-state index in [2.05, 4.69) is 80.3 Å². The summed E-state index contributed by atoms with van der Waals surface area (Å²) in [7, 11) is 2.33. The van der Waals surface area contributed by atoms with Crippen molar-refractivity contribution in [1.29, 1.82) is 0 Å². The summed E-state index contributed by atoms with van der Waals surface area (Å²) in [6.45, 7) is 1.45. The van der Waals surface area contributed by atoms with Gasteiger partial charge in [0.1, 0.15) is 0 Å². The number of halogens is 3. The SMILES string of the molecule is Brc1nnc(Br)n1Cc1ccccc1.C.COc1nnc(Br)n1Cc1ccccc1.C[O-].[Na+]. The minimum absolute atomic E-state index is 0. The first kappa shape index (κ1) is 31.9. The number of hydrogen-bond donors (Lipinski definition) is 0. The van der Waals surface area contributed by atoms with E-state index in [1.165, 1.54) is 11.1 Å². The van der Waals surface area contributed by atoms with Crippen molar-refractivity contribution < 1.29 is 39.4 Å². The molecule has 2 heterocycles. The van der Waals surface area contributed by atoms with Gasteiger partial charge in [0.05, 0.1) is 20.2 Å². The van der Waals surface area contributed by atoms with Crippen LogP contribution in [-0.4, -0.2) is 43.7 Å². The van der Waals surface area contributed by atoms with E-state index in [0.29, 0.717) is 17.3 Å². The zero-order chi connectivity index (χ0) is 22.6. The van der Waals surface area contributed by atoms with Crippen LogP contribution in [-0.2, 0) is 13.1 Å². The summed E-state index contributed by atoms with van der Waals surface area (Å²) in [6.07, 6.45) is 0. The minimum atomic E-state index is 0. The summed E-state index contributed by atoms with van der Waals surface area (Å²) >= 11 is 9.99. The van der Waals surface area contributed by atoms with Gasteiger partial charge in [-0.2, -0.15) is 7.11 Å². The van der Waals surface area contributed by atoms with Crippen LogP contribution in [0.15, 0.2) is 74.9 Å². The van der Waals surface area contributed by atoms with Crippen LogP contribution >= 0.6 is 47.8 Å². The Morgan fingerprint density at radius 1 is 0.697 bits per heavy atom. The van der Waals surface area contributed by atoms with Gasteiger partial charge in [0, 0.05) is 0 Å².